The minimum absolute atomic E-state index is 0.0980. The Morgan fingerprint density at radius 1 is 1.41 bits per heavy atom. The molecule has 4 nitrogen and oxygen atoms in total. The third-order valence-electron chi connectivity index (χ3n) is 2.17. The van der Waals surface area contributed by atoms with E-state index in [9.17, 15) is 8.78 Å². The van der Waals surface area contributed by atoms with Crippen LogP contribution in [0.3, 0.4) is 0 Å². The van der Waals surface area contributed by atoms with Crippen LogP contribution in [-0.2, 0) is 0 Å². The normalized spacial score (nSPS) is 18.1. The van der Waals surface area contributed by atoms with E-state index in [4.69, 9.17) is 16.3 Å². The third-order valence-corrected chi connectivity index (χ3v) is 2.36. The van der Waals surface area contributed by atoms with Gasteiger partial charge in [0, 0.05) is 6.07 Å². The van der Waals surface area contributed by atoms with Gasteiger partial charge in [-0.15, -0.1) is 0 Å². The summed E-state index contributed by atoms with van der Waals surface area (Å²) in [5, 5.41) is 0.181. The highest BCUT2D eigenvalue weighted by Gasteiger charge is 2.44. The molecule has 0 unspecified atom stereocenters. The van der Waals surface area contributed by atoms with Gasteiger partial charge in [0.1, 0.15) is 11.0 Å². The first-order valence-corrected chi connectivity index (χ1v) is 5.57. The highest BCUT2D eigenvalue weighted by atomic mass is 35.5. The Balaban J connectivity index is 2.15. The van der Waals surface area contributed by atoms with Crippen LogP contribution < -0.4 is 9.64 Å². The largest absolute Gasteiger partial charge is 0.461 e. The van der Waals surface area contributed by atoms with Gasteiger partial charge in [-0.1, -0.05) is 11.6 Å². The molecule has 0 radical (unpaired) electrons. The zero-order valence-electron chi connectivity index (χ0n) is 9.45. The van der Waals surface area contributed by atoms with Crippen molar-refractivity contribution in [1.82, 2.24) is 9.97 Å². The van der Waals surface area contributed by atoms with Gasteiger partial charge >= 0.3 is 6.01 Å². The minimum Gasteiger partial charge on any atom is -0.461 e. The second kappa shape index (κ2) is 4.25. The van der Waals surface area contributed by atoms with Gasteiger partial charge < -0.3 is 9.64 Å². The number of hydrogen-bond acceptors (Lipinski definition) is 4. The van der Waals surface area contributed by atoms with E-state index >= 15 is 0 Å². The smallest absolute Gasteiger partial charge is 0.320 e. The fourth-order valence-electron chi connectivity index (χ4n) is 1.49. The summed E-state index contributed by atoms with van der Waals surface area (Å²) in [6.45, 7) is 2.95. The molecule has 0 atom stereocenters. The third kappa shape index (κ3) is 2.94. The minimum atomic E-state index is -2.64. The number of hydrogen-bond donors (Lipinski definition) is 0. The van der Waals surface area contributed by atoms with E-state index in [1.54, 1.807) is 0 Å². The number of ether oxygens (including phenoxy) is 1. The Hall–Kier alpha value is -1.17. The van der Waals surface area contributed by atoms with Crippen LogP contribution in [0.2, 0.25) is 5.15 Å². The van der Waals surface area contributed by atoms with Gasteiger partial charge in [-0.05, 0) is 13.8 Å². The molecule has 0 aromatic carbocycles. The van der Waals surface area contributed by atoms with Gasteiger partial charge in [0.2, 0.25) is 0 Å². The summed E-state index contributed by atoms with van der Waals surface area (Å²) in [6.07, 6.45) is -0.0980. The monoisotopic (exact) mass is 263 g/mol. The average Bonchev–Trinajstić information content (AvgIpc) is 2.11. The molecule has 1 aromatic heterocycles. The van der Waals surface area contributed by atoms with Crippen molar-refractivity contribution in [2.75, 3.05) is 18.0 Å². The van der Waals surface area contributed by atoms with E-state index in [0.29, 0.717) is 5.82 Å². The highest BCUT2D eigenvalue weighted by Crippen LogP contribution is 2.32. The summed E-state index contributed by atoms with van der Waals surface area (Å²) < 4.78 is 30.8. The maximum atomic E-state index is 12.7. The molecule has 1 aromatic rings. The standard InChI is InChI=1S/C10H12ClF2N3O/c1-6(2)17-9-14-7(11)3-8(15-9)16-4-10(12,13)5-16/h3,6H,4-5H2,1-2H3. The first-order chi connectivity index (χ1) is 7.85. The zero-order chi connectivity index (χ0) is 12.6. The van der Waals surface area contributed by atoms with E-state index in [1.165, 1.54) is 11.0 Å². The van der Waals surface area contributed by atoms with Gasteiger partial charge in [-0.25, -0.2) is 8.78 Å². The topological polar surface area (TPSA) is 38.2 Å². The number of halogens is 3. The molecular weight excluding hydrogens is 252 g/mol. The summed E-state index contributed by atoms with van der Waals surface area (Å²) in [6, 6.07) is 1.56. The van der Waals surface area contributed by atoms with E-state index in [1.807, 2.05) is 13.8 Å². The lowest BCUT2D eigenvalue weighted by Crippen LogP contribution is -2.56. The summed E-state index contributed by atoms with van der Waals surface area (Å²) in [7, 11) is 0. The molecular formula is C10H12ClF2N3O. The second-order valence-corrected chi connectivity index (χ2v) is 4.60. The lowest BCUT2D eigenvalue weighted by Gasteiger charge is -2.39. The summed E-state index contributed by atoms with van der Waals surface area (Å²) >= 11 is 5.78. The number of aromatic nitrogens is 2. The molecule has 17 heavy (non-hydrogen) atoms. The van der Waals surface area contributed by atoms with Crippen LogP contribution in [0.25, 0.3) is 0 Å². The summed E-state index contributed by atoms with van der Waals surface area (Å²) in [4.78, 5) is 9.34. The van der Waals surface area contributed by atoms with Crippen molar-refractivity contribution in [3.8, 4) is 6.01 Å². The number of nitrogens with zero attached hydrogens (tertiary/aromatic N) is 3. The number of rotatable bonds is 3. The van der Waals surface area contributed by atoms with Gasteiger partial charge in [0.25, 0.3) is 5.92 Å². The molecule has 1 aliphatic heterocycles. The molecule has 2 rings (SSSR count). The van der Waals surface area contributed by atoms with E-state index in [-0.39, 0.29) is 30.4 Å². The lowest BCUT2D eigenvalue weighted by atomic mass is 10.1. The van der Waals surface area contributed by atoms with Gasteiger partial charge in [0.15, 0.2) is 0 Å². The van der Waals surface area contributed by atoms with Crippen molar-refractivity contribution in [2.45, 2.75) is 25.9 Å². The first kappa shape index (κ1) is 12.3. The Morgan fingerprint density at radius 2 is 2.06 bits per heavy atom. The molecule has 7 heteroatoms. The number of anilines is 1. The zero-order valence-corrected chi connectivity index (χ0v) is 10.2. The van der Waals surface area contributed by atoms with Gasteiger partial charge in [0.05, 0.1) is 19.2 Å². The van der Waals surface area contributed by atoms with Crippen molar-refractivity contribution >= 4 is 17.4 Å². The molecule has 0 saturated carbocycles. The molecule has 1 aliphatic rings. The summed E-state index contributed by atoms with van der Waals surface area (Å²) in [5.74, 6) is -2.28. The van der Waals surface area contributed by atoms with Gasteiger partial charge in [-0.3, -0.25) is 0 Å². The van der Waals surface area contributed by atoms with Gasteiger partial charge in [-0.2, -0.15) is 9.97 Å². The van der Waals surface area contributed by atoms with Crippen molar-refractivity contribution in [2.24, 2.45) is 0 Å². The molecule has 0 spiro atoms. The predicted octanol–water partition coefficient (Wildman–Crippen LogP) is 2.37. The van der Waals surface area contributed by atoms with Crippen molar-refractivity contribution in [3.63, 3.8) is 0 Å². The Morgan fingerprint density at radius 3 is 2.59 bits per heavy atom. The van der Waals surface area contributed by atoms with E-state index in [0.717, 1.165) is 0 Å². The van der Waals surface area contributed by atoms with Crippen LogP contribution in [0.15, 0.2) is 6.07 Å². The van der Waals surface area contributed by atoms with Crippen LogP contribution in [0, 0.1) is 0 Å². The van der Waals surface area contributed by atoms with Crippen LogP contribution in [0.4, 0.5) is 14.6 Å². The quantitative estimate of drug-likeness (QED) is 0.785. The molecule has 0 aliphatic carbocycles. The molecule has 1 saturated heterocycles. The SMILES string of the molecule is CC(C)Oc1nc(Cl)cc(N2CC(F)(F)C2)n1. The van der Waals surface area contributed by atoms with Crippen molar-refractivity contribution in [3.05, 3.63) is 11.2 Å². The maximum Gasteiger partial charge on any atom is 0.320 e. The fourth-order valence-corrected chi connectivity index (χ4v) is 1.66. The first-order valence-electron chi connectivity index (χ1n) is 5.20. The van der Waals surface area contributed by atoms with Crippen molar-refractivity contribution in [1.29, 1.82) is 0 Å². The van der Waals surface area contributed by atoms with Crippen molar-refractivity contribution < 1.29 is 13.5 Å². The van der Waals surface area contributed by atoms with Crippen LogP contribution >= 0.6 is 11.6 Å². The van der Waals surface area contributed by atoms with E-state index < -0.39 is 5.92 Å². The highest BCUT2D eigenvalue weighted by molar-refractivity contribution is 6.29. The second-order valence-electron chi connectivity index (χ2n) is 4.21. The average molecular weight is 264 g/mol. The van der Waals surface area contributed by atoms with E-state index in [2.05, 4.69) is 9.97 Å². The fraction of sp³-hybridized carbons (Fsp3) is 0.600. The molecule has 1 fully saturated rings. The summed E-state index contributed by atoms with van der Waals surface area (Å²) in [5.41, 5.74) is 0. The Bertz CT molecular complexity index is 420. The Kier molecular flexibility index (Phi) is 3.07. The van der Waals surface area contributed by atoms with Crippen LogP contribution in [0.1, 0.15) is 13.8 Å². The molecule has 0 amide bonds. The maximum absolute atomic E-state index is 12.7. The molecule has 0 bridgehead atoms. The number of alkyl halides is 2. The lowest BCUT2D eigenvalue weighted by molar-refractivity contribution is -0.0268. The molecule has 2 heterocycles. The molecule has 94 valence electrons. The Labute approximate surface area is 103 Å². The molecule has 0 N–H and O–H groups in total. The predicted molar refractivity (Wildman–Crippen MR) is 60.0 cm³/mol. The van der Waals surface area contributed by atoms with Crippen LogP contribution in [-0.4, -0.2) is 35.1 Å². The van der Waals surface area contributed by atoms with Crippen LogP contribution in [0.5, 0.6) is 6.01 Å².